The molecule has 1 N–H and O–H groups in total. The second-order valence-electron chi connectivity index (χ2n) is 5.78. The van der Waals surface area contributed by atoms with E-state index in [4.69, 9.17) is 0 Å². The molecule has 5 heteroatoms. The van der Waals surface area contributed by atoms with Gasteiger partial charge in [-0.2, -0.15) is 0 Å². The zero-order valence-electron chi connectivity index (χ0n) is 11.4. The monoisotopic (exact) mass is 340 g/mol. The van der Waals surface area contributed by atoms with Crippen LogP contribution in [0.15, 0.2) is 22.7 Å². The maximum Gasteiger partial charge on any atom is 0.257 e. The molecule has 0 saturated carbocycles. The molecule has 3 rings (SSSR count). The van der Waals surface area contributed by atoms with Crippen molar-refractivity contribution >= 4 is 21.8 Å². The van der Waals surface area contributed by atoms with Crippen LogP contribution in [0.1, 0.15) is 36.0 Å². The van der Waals surface area contributed by atoms with Gasteiger partial charge in [-0.15, -0.1) is 0 Å². The lowest BCUT2D eigenvalue weighted by Gasteiger charge is -2.35. The van der Waals surface area contributed by atoms with Gasteiger partial charge in [0.15, 0.2) is 0 Å². The molecular formula is C15H18BrFN2O. The Balaban J connectivity index is 1.80. The number of nitrogens with one attached hydrogen (secondary N) is 1. The number of nitrogens with zero attached hydrogens (tertiary/aromatic N) is 1. The largest absolute Gasteiger partial charge is 0.338 e. The number of amides is 1. The number of carbonyl (C=O) groups is 1. The lowest BCUT2D eigenvalue weighted by Crippen LogP contribution is -2.48. The van der Waals surface area contributed by atoms with Crippen LogP contribution in [0.4, 0.5) is 4.39 Å². The third-order valence-corrected chi connectivity index (χ3v) is 5.15. The average molecular weight is 341 g/mol. The predicted octanol–water partition coefficient (Wildman–Crippen LogP) is 2.94. The van der Waals surface area contributed by atoms with E-state index in [9.17, 15) is 9.18 Å². The predicted molar refractivity (Wildman–Crippen MR) is 79.2 cm³/mol. The standard InChI is InChI=1S/C15H18BrFN2O/c1-19(11-7-9-5-6-10(8-11)18-9)15(20)14-12(16)3-2-4-13(14)17/h2-4,9-11,18H,5-8H2,1H3. The normalized spacial score (nSPS) is 28.4. The Hall–Kier alpha value is -0.940. The van der Waals surface area contributed by atoms with Gasteiger partial charge < -0.3 is 10.2 Å². The van der Waals surface area contributed by atoms with Gasteiger partial charge in [-0.05, 0) is 53.7 Å². The lowest BCUT2D eigenvalue weighted by molar-refractivity contribution is 0.0676. The molecule has 2 saturated heterocycles. The van der Waals surface area contributed by atoms with E-state index in [-0.39, 0.29) is 17.5 Å². The molecule has 1 aromatic rings. The summed E-state index contributed by atoms with van der Waals surface area (Å²) in [5, 5.41) is 3.56. The van der Waals surface area contributed by atoms with Crippen LogP contribution >= 0.6 is 15.9 Å². The van der Waals surface area contributed by atoms with Crippen molar-refractivity contribution in [2.24, 2.45) is 0 Å². The zero-order chi connectivity index (χ0) is 14.3. The summed E-state index contributed by atoms with van der Waals surface area (Å²) in [5.41, 5.74) is 0.140. The second kappa shape index (κ2) is 5.45. The summed E-state index contributed by atoms with van der Waals surface area (Å²) in [6, 6.07) is 5.86. The average Bonchev–Trinajstić information content (AvgIpc) is 2.76. The molecule has 108 valence electrons. The van der Waals surface area contributed by atoms with Gasteiger partial charge in [0, 0.05) is 29.6 Å². The van der Waals surface area contributed by atoms with Crippen LogP contribution in [0.5, 0.6) is 0 Å². The Morgan fingerprint density at radius 1 is 1.35 bits per heavy atom. The van der Waals surface area contributed by atoms with Crippen LogP contribution < -0.4 is 5.32 Å². The summed E-state index contributed by atoms with van der Waals surface area (Å²) in [7, 11) is 1.79. The van der Waals surface area contributed by atoms with Gasteiger partial charge in [-0.1, -0.05) is 6.07 Å². The Morgan fingerprint density at radius 3 is 2.60 bits per heavy atom. The summed E-state index contributed by atoms with van der Waals surface area (Å²) < 4.78 is 14.4. The van der Waals surface area contributed by atoms with Crippen LogP contribution in [-0.2, 0) is 0 Å². The fraction of sp³-hybridized carbons (Fsp3) is 0.533. The number of hydrogen-bond acceptors (Lipinski definition) is 2. The molecule has 20 heavy (non-hydrogen) atoms. The number of halogens is 2. The van der Waals surface area contributed by atoms with Crippen LogP contribution in [0.3, 0.4) is 0 Å². The number of fused-ring (bicyclic) bond motifs is 2. The second-order valence-corrected chi connectivity index (χ2v) is 6.63. The van der Waals surface area contributed by atoms with E-state index in [1.807, 2.05) is 0 Å². The van der Waals surface area contributed by atoms with Crippen LogP contribution in [0.25, 0.3) is 0 Å². The fourth-order valence-electron chi connectivity index (χ4n) is 3.39. The first kappa shape index (κ1) is 14.0. The molecule has 0 spiro atoms. The molecule has 1 amide bonds. The van der Waals surface area contributed by atoms with Crippen molar-refractivity contribution in [2.75, 3.05) is 7.05 Å². The molecule has 2 bridgehead atoms. The maximum absolute atomic E-state index is 13.9. The highest BCUT2D eigenvalue weighted by Gasteiger charge is 2.37. The highest BCUT2D eigenvalue weighted by molar-refractivity contribution is 9.10. The van der Waals surface area contributed by atoms with Crippen LogP contribution in [0, 0.1) is 5.82 Å². The molecule has 2 atom stereocenters. The van der Waals surface area contributed by atoms with Gasteiger partial charge in [-0.3, -0.25) is 4.79 Å². The minimum Gasteiger partial charge on any atom is -0.338 e. The highest BCUT2D eigenvalue weighted by atomic mass is 79.9. The van der Waals surface area contributed by atoms with Gasteiger partial charge in [-0.25, -0.2) is 4.39 Å². The Morgan fingerprint density at radius 2 is 2.00 bits per heavy atom. The minimum absolute atomic E-state index is 0.140. The van der Waals surface area contributed by atoms with E-state index >= 15 is 0 Å². The number of rotatable bonds is 2. The first-order valence-corrected chi connectivity index (χ1v) is 7.82. The van der Waals surface area contributed by atoms with E-state index in [1.54, 1.807) is 24.1 Å². The zero-order valence-corrected chi connectivity index (χ0v) is 13.0. The van der Waals surface area contributed by atoms with Gasteiger partial charge in [0.2, 0.25) is 0 Å². The summed E-state index contributed by atoms with van der Waals surface area (Å²) in [5.74, 6) is -0.700. The van der Waals surface area contributed by atoms with Crippen molar-refractivity contribution in [3.63, 3.8) is 0 Å². The van der Waals surface area contributed by atoms with E-state index in [0.29, 0.717) is 16.6 Å². The van der Waals surface area contributed by atoms with E-state index in [1.165, 1.54) is 18.9 Å². The van der Waals surface area contributed by atoms with Crippen molar-refractivity contribution < 1.29 is 9.18 Å². The van der Waals surface area contributed by atoms with Gasteiger partial charge in [0.1, 0.15) is 5.82 Å². The first-order valence-electron chi connectivity index (χ1n) is 7.03. The summed E-state index contributed by atoms with van der Waals surface area (Å²) in [4.78, 5) is 14.3. The molecule has 2 aliphatic heterocycles. The van der Waals surface area contributed by atoms with Crippen LogP contribution in [-0.4, -0.2) is 36.0 Å². The molecule has 2 aliphatic rings. The SMILES string of the molecule is CN(C(=O)c1c(F)cccc1Br)C1CC2CCC(C1)N2. The lowest BCUT2D eigenvalue weighted by atomic mass is 9.98. The molecule has 0 aliphatic carbocycles. The Bertz CT molecular complexity index is 504. The summed E-state index contributed by atoms with van der Waals surface area (Å²) >= 11 is 3.28. The molecular weight excluding hydrogens is 323 g/mol. The van der Waals surface area contributed by atoms with Gasteiger partial charge in [0.25, 0.3) is 5.91 Å². The maximum atomic E-state index is 13.9. The number of carbonyl (C=O) groups excluding carboxylic acids is 1. The summed E-state index contributed by atoms with van der Waals surface area (Å²) in [6.45, 7) is 0. The van der Waals surface area contributed by atoms with E-state index < -0.39 is 5.82 Å². The topological polar surface area (TPSA) is 32.3 Å². The minimum atomic E-state index is -0.465. The van der Waals surface area contributed by atoms with Crippen LogP contribution in [0.2, 0.25) is 0 Å². The van der Waals surface area contributed by atoms with Gasteiger partial charge in [0.05, 0.1) is 5.56 Å². The van der Waals surface area contributed by atoms with Crippen molar-refractivity contribution in [1.82, 2.24) is 10.2 Å². The number of piperidine rings is 1. The molecule has 0 aromatic heterocycles. The quantitative estimate of drug-likeness (QED) is 0.897. The molecule has 0 radical (unpaired) electrons. The van der Waals surface area contributed by atoms with Crippen molar-refractivity contribution in [1.29, 1.82) is 0 Å². The van der Waals surface area contributed by atoms with Crippen molar-refractivity contribution in [3.05, 3.63) is 34.1 Å². The molecule has 2 unspecified atom stereocenters. The molecule has 3 nitrogen and oxygen atoms in total. The van der Waals surface area contributed by atoms with E-state index in [2.05, 4.69) is 21.2 Å². The fourth-order valence-corrected chi connectivity index (χ4v) is 3.90. The van der Waals surface area contributed by atoms with Crippen molar-refractivity contribution in [3.8, 4) is 0 Å². The van der Waals surface area contributed by atoms with E-state index in [0.717, 1.165) is 12.8 Å². The van der Waals surface area contributed by atoms with Gasteiger partial charge >= 0.3 is 0 Å². The molecule has 1 aromatic carbocycles. The third kappa shape index (κ3) is 2.49. The third-order valence-electron chi connectivity index (χ3n) is 4.49. The first-order chi connectivity index (χ1) is 9.56. The Kier molecular flexibility index (Phi) is 3.82. The highest BCUT2D eigenvalue weighted by Crippen LogP contribution is 2.31. The number of hydrogen-bond donors (Lipinski definition) is 1. The number of benzene rings is 1. The smallest absolute Gasteiger partial charge is 0.257 e. The molecule has 2 fully saturated rings. The summed E-state index contributed by atoms with van der Waals surface area (Å²) in [6.07, 6.45) is 4.30. The molecule has 2 heterocycles. The Labute approximate surface area is 126 Å². The van der Waals surface area contributed by atoms with Crippen molar-refractivity contribution in [2.45, 2.75) is 43.8 Å².